The van der Waals surface area contributed by atoms with Crippen molar-refractivity contribution < 1.29 is 14.2 Å². The van der Waals surface area contributed by atoms with E-state index in [0.29, 0.717) is 13.2 Å². The fraction of sp³-hybridized carbons (Fsp3) is 0.538. The average molecular weight is 314 g/mol. The number of ether oxygens (including phenoxy) is 3. The molecule has 1 aromatic rings. The van der Waals surface area contributed by atoms with Crippen LogP contribution < -0.4 is 15.2 Å². The summed E-state index contributed by atoms with van der Waals surface area (Å²) in [5.74, 6) is 1.55. The van der Waals surface area contributed by atoms with Gasteiger partial charge >= 0.3 is 0 Å². The number of hydrogen-bond donors (Lipinski definition) is 1. The third kappa shape index (κ3) is 2.22. The quantitative estimate of drug-likeness (QED) is 0.911. The monoisotopic (exact) mass is 313 g/mol. The van der Waals surface area contributed by atoms with Gasteiger partial charge in [0.25, 0.3) is 0 Å². The SMILES string of the molecule is NC(c1cc2c(cc1Br)OCCO2)C1CCCO1. The van der Waals surface area contributed by atoms with Gasteiger partial charge in [0.05, 0.1) is 12.1 Å². The van der Waals surface area contributed by atoms with E-state index in [2.05, 4.69) is 15.9 Å². The summed E-state index contributed by atoms with van der Waals surface area (Å²) in [6.07, 6.45) is 2.20. The fourth-order valence-electron chi connectivity index (χ4n) is 2.42. The Morgan fingerprint density at radius 2 is 1.89 bits per heavy atom. The maximum absolute atomic E-state index is 6.28. The molecule has 1 saturated heterocycles. The van der Waals surface area contributed by atoms with Crippen molar-refractivity contribution in [2.75, 3.05) is 19.8 Å². The lowest BCUT2D eigenvalue weighted by Crippen LogP contribution is -2.26. The summed E-state index contributed by atoms with van der Waals surface area (Å²) >= 11 is 3.55. The molecule has 1 fully saturated rings. The van der Waals surface area contributed by atoms with E-state index in [0.717, 1.165) is 41.0 Å². The largest absolute Gasteiger partial charge is 0.486 e. The number of benzene rings is 1. The standard InChI is InChI=1S/C13H16BrNO3/c14-9-7-12-11(17-4-5-18-12)6-8(9)13(15)10-2-1-3-16-10/h6-7,10,13H,1-5,15H2. The lowest BCUT2D eigenvalue weighted by molar-refractivity contribution is 0.0896. The Hall–Kier alpha value is -0.780. The van der Waals surface area contributed by atoms with Gasteiger partial charge in [-0.05, 0) is 30.5 Å². The molecule has 2 N–H and O–H groups in total. The van der Waals surface area contributed by atoms with E-state index in [1.54, 1.807) is 0 Å². The number of rotatable bonds is 2. The van der Waals surface area contributed by atoms with Gasteiger partial charge in [-0.3, -0.25) is 0 Å². The Morgan fingerprint density at radius 3 is 2.56 bits per heavy atom. The van der Waals surface area contributed by atoms with Gasteiger partial charge in [-0.25, -0.2) is 0 Å². The summed E-state index contributed by atoms with van der Waals surface area (Å²) in [5.41, 5.74) is 7.30. The molecule has 0 bridgehead atoms. The van der Waals surface area contributed by atoms with Gasteiger partial charge in [0, 0.05) is 11.1 Å². The van der Waals surface area contributed by atoms with Crippen molar-refractivity contribution in [1.29, 1.82) is 0 Å². The van der Waals surface area contributed by atoms with Crippen LogP contribution in [-0.2, 0) is 4.74 Å². The molecule has 0 saturated carbocycles. The summed E-state index contributed by atoms with van der Waals surface area (Å²) in [6, 6.07) is 3.77. The van der Waals surface area contributed by atoms with Crippen LogP contribution in [0.25, 0.3) is 0 Å². The normalized spacial score (nSPS) is 24.0. The molecule has 2 atom stereocenters. The molecule has 5 heteroatoms. The Bertz CT molecular complexity index is 446. The maximum atomic E-state index is 6.28. The molecule has 98 valence electrons. The lowest BCUT2D eigenvalue weighted by atomic mass is 10.00. The Labute approximate surface area is 115 Å². The molecule has 18 heavy (non-hydrogen) atoms. The van der Waals surface area contributed by atoms with Crippen molar-refractivity contribution in [3.63, 3.8) is 0 Å². The molecule has 3 rings (SSSR count). The Balaban J connectivity index is 1.90. The van der Waals surface area contributed by atoms with Crippen LogP contribution in [0.1, 0.15) is 24.4 Å². The predicted octanol–water partition coefficient (Wildman–Crippen LogP) is 2.40. The number of halogens is 1. The van der Waals surface area contributed by atoms with Crippen LogP contribution in [0.3, 0.4) is 0 Å². The first-order valence-corrected chi connectivity index (χ1v) is 7.01. The van der Waals surface area contributed by atoms with E-state index in [1.807, 2.05) is 12.1 Å². The number of fused-ring (bicyclic) bond motifs is 1. The maximum Gasteiger partial charge on any atom is 0.162 e. The molecule has 0 amide bonds. The summed E-state index contributed by atoms with van der Waals surface area (Å²) in [4.78, 5) is 0. The van der Waals surface area contributed by atoms with Crippen LogP contribution in [-0.4, -0.2) is 25.9 Å². The van der Waals surface area contributed by atoms with Gasteiger partial charge in [-0.2, -0.15) is 0 Å². The minimum Gasteiger partial charge on any atom is -0.486 e. The molecule has 4 nitrogen and oxygen atoms in total. The number of hydrogen-bond acceptors (Lipinski definition) is 4. The van der Waals surface area contributed by atoms with Crippen molar-refractivity contribution in [3.05, 3.63) is 22.2 Å². The first kappa shape index (κ1) is 12.3. The highest BCUT2D eigenvalue weighted by atomic mass is 79.9. The van der Waals surface area contributed by atoms with Gasteiger partial charge in [0.1, 0.15) is 13.2 Å². The van der Waals surface area contributed by atoms with Crippen molar-refractivity contribution in [2.24, 2.45) is 5.73 Å². The van der Waals surface area contributed by atoms with Gasteiger partial charge in [-0.1, -0.05) is 15.9 Å². The van der Waals surface area contributed by atoms with E-state index < -0.39 is 0 Å². The molecular formula is C13H16BrNO3. The van der Waals surface area contributed by atoms with Crippen molar-refractivity contribution in [2.45, 2.75) is 25.0 Å². The summed E-state index contributed by atoms with van der Waals surface area (Å²) in [7, 11) is 0. The van der Waals surface area contributed by atoms with Crippen molar-refractivity contribution in [3.8, 4) is 11.5 Å². The minimum absolute atomic E-state index is 0.101. The molecule has 1 aromatic carbocycles. The van der Waals surface area contributed by atoms with Crippen molar-refractivity contribution in [1.82, 2.24) is 0 Å². The first-order valence-electron chi connectivity index (χ1n) is 6.22. The predicted molar refractivity (Wildman–Crippen MR) is 71.0 cm³/mol. The molecule has 2 aliphatic rings. The van der Waals surface area contributed by atoms with E-state index in [4.69, 9.17) is 19.9 Å². The minimum atomic E-state index is -0.127. The molecule has 0 spiro atoms. The van der Waals surface area contributed by atoms with Crippen molar-refractivity contribution >= 4 is 15.9 Å². The fourth-order valence-corrected chi connectivity index (χ4v) is 3.01. The molecule has 2 unspecified atom stereocenters. The lowest BCUT2D eigenvalue weighted by Gasteiger charge is -2.24. The zero-order chi connectivity index (χ0) is 12.5. The van der Waals surface area contributed by atoms with E-state index in [9.17, 15) is 0 Å². The highest BCUT2D eigenvalue weighted by Gasteiger charge is 2.27. The zero-order valence-electron chi connectivity index (χ0n) is 10.0. The van der Waals surface area contributed by atoms with Gasteiger partial charge in [-0.15, -0.1) is 0 Å². The molecule has 2 heterocycles. The zero-order valence-corrected chi connectivity index (χ0v) is 11.6. The van der Waals surface area contributed by atoms with Crippen LogP contribution in [0.15, 0.2) is 16.6 Å². The third-order valence-corrected chi connectivity index (χ3v) is 4.07. The van der Waals surface area contributed by atoms with Crippen LogP contribution in [0.2, 0.25) is 0 Å². The average Bonchev–Trinajstić information content (AvgIpc) is 2.91. The molecule has 0 aliphatic carbocycles. The summed E-state index contributed by atoms with van der Waals surface area (Å²) < 4.78 is 17.7. The molecule has 0 aromatic heterocycles. The van der Waals surface area contributed by atoms with Crippen LogP contribution in [0.4, 0.5) is 0 Å². The smallest absolute Gasteiger partial charge is 0.162 e. The second kappa shape index (κ2) is 5.07. The topological polar surface area (TPSA) is 53.7 Å². The van der Waals surface area contributed by atoms with E-state index >= 15 is 0 Å². The van der Waals surface area contributed by atoms with Crippen LogP contribution in [0, 0.1) is 0 Å². The van der Waals surface area contributed by atoms with Crippen LogP contribution >= 0.6 is 15.9 Å². The number of nitrogens with two attached hydrogens (primary N) is 1. The second-order valence-electron chi connectivity index (χ2n) is 4.59. The van der Waals surface area contributed by atoms with Gasteiger partial charge in [0.15, 0.2) is 11.5 Å². The van der Waals surface area contributed by atoms with Crippen LogP contribution in [0.5, 0.6) is 11.5 Å². The highest BCUT2D eigenvalue weighted by molar-refractivity contribution is 9.10. The molecular weight excluding hydrogens is 298 g/mol. The molecule has 2 aliphatic heterocycles. The van der Waals surface area contributed by atoms with E-state index in [1.165, 1.54) is 0 Å². The first-order chi connectivity index (χ1) is 8.75. The third-order valence-electron chi connectivity index (χ3n) is 3.39. The Morgan fingerprint density at radius 1 is 1.17 bits per heavy atom. The highest BCUT2D eigenvalue weighted by Crippen LogP contribution is 2.39. The Kier molecular flexibility index (Phi) is 3.46. The summed E-state index contributed by atoms with van der Waals surface area (Å²) in [5, 5.41) is 0. The van der Waals surface area contributed by atoms with Gasteiger partial charge < -0.3 is 19.9 Å². The van der Waals surface area contributed by atoms with Gasteiger partial charge in [0.2, 0.25) is 0 Å². The molecule has 0 radical (unpaired) electrons. The van der Waals surface area contributed by atoms with E-state index in [-0.39, 0.29) is 12.1 Å². The second-order valence-corrected chi connectivity index (χ2v) is 5.45. The summed E-state index contributed by atoms with van der Waals surface area (Å²) in [6.45, 7) is 1.99.